The molecule has 1 aliphatic rings. The molecule has 3 atom stereocenters. The molecule has 0 aromatic heterocycles. The average Bonchev–Trinajstić information content (AvgIpc) is 2.88. The van der Waals surface area contributed by atoms with Crippen molar-refractivity contribution in [3.63, 3.8) is 0 Å². The van der Waals surface area contributed by atoms with Crippen molar-refractivity contribution in [1.29, 1.82) is 0 Å². The zero-order chi connectivity index (χ0) is 22.7. The lowest BCUT2D eigenvalue weighted by Crippen LogP contribution is -2.47. The van der Waals surface area contributed by atoms with Crippen molar-refractivity contribution in [2.24, 2.45) is 0 Å². The van der Waals surface area contributed by atoms with Crippen molar-refractivity contribution in [2.75, 3.05) is 6.61 Å². The zero-order valence-electron chi connectivity index (χ0n) is 18.4. The summed E-state index contributed by atoms with van der Waals surface area (Å²) in [6.07, 6.45) is 1.03. The molecule has 2 unspecified atom stereocenters. The first-order chi connectivity index (χ1) is 16.3. The van der Waals surface area contributed by atoms with Crippen LogP contribution in [-0.4, -0.2) is 31.2 Å². The van der Waals surface area contributed by atoms with Crippen molar-refractivity contribution in [3.8, 4) is 0 Å². The SMILES string of the molecule is O=CC1=C[C@@H](OCc2ccccc2)C(OCc2ccccc2)C(COCc2ccccc2)O1. The van der Waals surface area contributed by atoms with Gasteiger partial charge in [0.15, 0.2) is 18.1 Å². The summed E-state index contributed by atoms with van der Waals surface area (Å²) >= 11 is 0. The van der Waals surface area contributed by atoms with Gasteiger partial charge in [0.2, 0.25) is 0 Å². The highest BCUT2D eigenvalue weighted by Crippen LogP contribution is 2.25. The second-order valence-corrected chi connectivity index (χ2v) is 7.87. The molecule has 5 heteroatoms. The Labute approximate surface area is 194 Å². The van der Waals surface area contributed by atoms with Crippen molar-refractivity contribution >= 4 is 6.29 Å². The van der Waals surface area contributed by atoms with Gasteiger partial charge in [-0.25, -0.2) is 0 Å². The molecule has 5 nitrogen and oxygen atoms in total. The Bertz CT molecular complexity index is 1000. The summed E-state index contributed by atoms with van der Waals surface area (Å²) < 4.78 is 24.4. The lowest BCUT2D eigenvalue weighted by atomic mass is 10.0. The molecule has 3 aromatic carbocycles. The fourth-order valence-electron chi connectivity index (χ4n) is 3.69. The minimum atomic E-state index is -0.483. The largest absolute Gasteiger partial charge is 0.482 e. The van der Waals surface area contributed by atoms with Crippen molar-refractivity contribution < 1.29 is 23.7 Å². The normalized spacial score (nSPS) is 20.0. The smallest absolute Gasteiger partial charge is 0.184 e. The summed E-state index contributed by atoms with van der Waals surface area (Å²) in [5.74, 6) is 0.237. The topological polar surface area (TPSA) is 54.0 Å². The van der Waals surface area contributed by atoms with Gasteiger partial charge in [-0.05, 0) is 22.8 Å². The fourth-order valence-corrected chi connectivity index (χ4v) is 3.69. The van der Waals surface area contributed by atoms with Crippen molar-refractivity contribution in [3.05, 3.63) is 120 Å². The van der Waals surface area contributed by atoms with E-state index in [1.54, 1.807) is 6.08 Å². The molecule has 0 aliphatic carbocycles. The third-order valence-electron chi connectivity index (χ3n) is 5.39. The highest BCUT2D eigenvalue weighted by atomic mass is 16.6. The van der Waals surface area contributed by atoms with Gasteiger partial charge in [0.25, 0.3) is 0 Å². The molecule has 0 amide bonds. The molecule has 0 N–H and O–H groups in total. The van der Waals surface area contributed by atoms with Gasteiger partial charge in [0.05, 0.1) is 26.4 Å². The van der Waals surface area contributed by atoms with Crippen LogP contribution < -0.4 is 0 Å². The maximum Gasteiger partial charge on any atom is 0.184 e. The second kappa shape index (κ2) is 12.1. The third kappa shape index (κ3) is 6.86. The summed E-state index contributed by atoms with van der Waals surface area (Å²) in [4.78, 5) is 11.6. The van der Waals surface area contributed by atoms with E-state index in [-0.39, 0.29) is 12.4 Å². The molecular weight excluding hydrogens is 416 g/mol. The number of carbonyl (C=O) groups excluding carboxylic acids is 1. The van der Waals surface area contributed by atoms with Crippen LogP contribution in [0.4, 0.5) is 0 Å². The fraction of sp³-hybridized carbons (Fsp3) is 0.250. The standard InChI is InChI=1S/C28H28O5/c29-17-25-16-26(31-19-23-12-6-2-7-13-23)28(32-20-24-14-8-3-9-15-24)27(33-25)21-30-18-22-10-4-1-5-11-22/h1-17,26-28H,18-21H2/t26-,27?,28?/m1/s1. The molecule has 0 bridgehead atoms. The number of aldehydes is 1. The Kier molecular flexibility index (Phi) is 8.42. The number of hydrogen-bond acceptors (Lipinski definition) is 5. The van der Waals surface area contributed by atoms with E-state index in [0.29, 0.717) is 26.1 Å². The van der Waals surface area contributed by atoms with Gasteiger partial charge in [-0.3, -0.25) is 4.79 Å². The summed E-state index contributed by atoms with van der Waals surface area (Å²) in [6.45, 7) is 1.52. The number of allylic oxidation sites excluding steroid dienone is 1. The van der Waals surface area contributed by atoms with Crippen LogP contribution in [0.5, 0.6) is 0 Å². The minimum absolute atomic E-state index is 0.237. The third-order valence-corrected chi connectivity index (χ3v) is 5.39. The Morgan fingerprint density at radius 2 is 1.21 bits per heavy atom. The minimum Gasteiger partial charge on any atom is -0.482 e. The quantitative estimate of drug-likeness (QED) is 0.396. The molecular formula is C28H28O5. The van der Waals surface area contributed by atoms with Crippen LogP contribution in [0.3, 0.4) is 0 Å². The molecule has 170 valence electrons. The van der Waals surface area contributed by atoms with Crippen molar-refractivity contribution in [2.45, 2.75) is 38.1 Å². The molecule has 0 fully saturated rings. The molecule has 33 heavy (non-hydrogen) atoms. The lowest BCUT2D eigenvalue weighted by molar-refractivity contribution is -0.155. The molecule has 1 aliphatic heterocycles. The van der Waals surface area contributed by atoms with Gasteiger partial charge in [0, 0.05) is 0 Å². The maximum atomic E-state index is 11.6. The number of rotatable bonds is 11. The first-order valence-corrected chi connectivity index (χ1v) is 11.1. The first kappa shape index (κ1) is 22.9. The lowest BCUT2D eigenvalue weighted by Gasteiger charge is -2.36. The average molecular weight is 445 g/mol. The van der Waals surface area contributed by atoms with Gasteiger partial charge >= 0.3 is 0 Å². The van der Waals surface area contributed by atoms with Crippen LogP contribution in [-0.2, 0) is 43.6 Å². The highest BCUT2D eigenvalue weighted by Gasteiger charge is 2.37. The van der Waals surface area contributed by atoms with E-state index in [1.807, 2.05) is 91.0 Å². The number of benzene rings is 3. The van der Waals surface area contributed by atoms with Gasteiger partial charge in [0.1, 0.15) is 12.2 Å². The molecule has 0 radical (unpaired) electrons. The van der Waals surface area contributed by atoms with Gasteiger partial charge < -0.3 is 18.9 Å². The number of carbonyl (C=O) groups is 1. The van der Waals surface area contributed by atoms with E-state index in [2.05, 4.69) is 0 Å². The summed E-state index contributed by atoms with van der Waals surface area (Å²) in [6, 6.07) is 29.8. The molecule has 1 heterocycles. The monoisotopic (exact) mass is 444 g/mol. The van der Waals surface area contributed by atoms with E-state index in [1.165, 1.54) is 0 Å². The van der Waals surface area contributed by atoms with Gasteiger partial charge in [-0.2, -0.15) is 0 Å². The van der Waals surface area contributed by atoms with Crippen LogP contribution >= 0.6 is 0 Å². The Morgan fingerprint density at radius 3 is 1.76 bits per heavy atom. The van der Waals surface area contributed by atoms with Crippen LogP contribution in [0.2, 0.25) is 0 Å². The van der Waals surface area contributed by atoms with Crippen LogP contribution in [0, 0.1) is 0 Å². The summed E-state index contributed by atoms with van der Waals surface area (Å²) in [5, 5.41) is 0. The number of hydrogen-bond donors (Lipinski definition) is 0. The molecule has 4 rings (SSSR count). The first-order valence-electron chi connectivity index (χ1n) is 11.1. The van der Waals surface area contributed by atoms with E-state index < -0.39 is 18.3 Å². The maximum absolute atomic E-state index is 11.6. The Hall–Kier alpha value is -3.25. The van der Waals surface area contributed by atoms with E-state index in [0.717, 1.165) is 16.7 Å². The number of ether oxygens (including phenoxy) is 4. The van der Waals surface area contributed by atoms with E-state index >= 15 is 0 Å². The highest BCUT2D eigenvalue weighted by molar-refractivity contribution is 5.70. The Morgan fingerprint density at radius 1 is 0.697 bits per heavy atom. The molecule has 0 saturated carbocycles. The van der Waals surface area contributed by atoms with Gasteiger partial charge in [-0.15, -0.1) is 0 Å². The second-order valence-electron chi connectivity index (χ2n) is 7.87. The van der Waals surface area contributed by atoms with Crippen LogP contribution in [0.15, 0.2) is 103 Å². The summed E-state index contributed by atoms with van der Waals surface area (Å²) in [5.41, 5.74) is 3.16. The van der Waals surface area contributed by atoms with Gasteiger partial charge in [-0.1, -0.05) is 91.0 Å². The summed E-state index contributed by atoms with van der Waals surface area (Å²) in [7, 11) is 0. The van der Waals surface area contributed by atoms with Crippen molar-refractivity contribution in [1.82, 2.24) is 0 Å². The van der Waals surface area contributed by atoms with Crippen LogP contribution in [0.1, 0.15) is 16.7 Å². The van der Waals surface area contributed by atoms with E-state index in [4.69, 9.17) is 18.9 Å². The van der Waals surface area contributed by atoms with Crippen LogP contribution in [0.25, 0.3) is 0 Å². The predicted molar refractivity (Wildman–Crippen MR) is 125 cm³/mol. The molecule has 3 aromatic rings. The molecule has 0 spiro atoms. The molecule has 0 saturated heterocycles. The Balaban J connectivity index is 1.47. The predicted octanol–water partition coefficient (Wildman–Crippen LogP) is 4.86. The zero-order valence-corrected chi connectivity index (χ0v) is 18.4. The van der Waals surface area contributed by atoms with E-state index in [9.17, 15) is 4.79 Å².